The van der Waals surface area contributed by atoms with Crippen molar-refractivity contribution in [3.05, 3.63) is 58.2 Å². The normalized spacial score (nSPS) is 15.3. The molecule has 2 amide bonds. The Morgan fingerprint density at radius 2 is 1.71 bits per heavy atom. The molecule has 0 atom stereocenters. The molecule has 0 saturated carbocycles. The third kappa shape index (κ3) is 3.68. The molecule has 3 rings (SSSR count). The van der Waals surface area contributed by atoms with Gasteiger partial charge >= 0.3 is 0 Å². The highest BCUT2D eigenvalue weighted by Gasteiger charge is 2.35. The summed E-state index contributed by atoms with van der Waals surface area (Å²) < 4.78 is 29.9. The van der Waals surface area contributed by atoms with E-state index in [4.69, 9.17) is 14.2 Å². The van der Waals surface area contributed by atoms with Crippen molar-refractivity contribution in [3.8, 4) is 17.2 Å². The Hall–Kier alpha value is -3.00. The van der Waals surface area contributed by atoms with Gasteiger partial charge in [-0.25, -0.2) is 4.39 Å². The van der Waals surface area contributed by atoms with E-state index >= 15 is 0 Å². The van der Waals surface area contributed by atoms with E-state index < -0.39 is 17.0 Å². The third-order valence-electron chi connectivity index (χ3n) is 4.18. The van der Waals surface area contributed by atoms with Crippen LogP contribution >= 0.6 is 11.8 Å². The van der Waals surface area contributed by atoms with Crippen molar-refractivity contribution in [2.75, 3.05) is 21.3 Å². The number of carbonyl (C=O) groups is 2. The van der Waals surface area contributed by atoms with Crippen LogP contribution in [0.2, 0.25) is 0 Å². The molecule has 1 aliphatic rings. The Kier molecular flexibility index (Phi) is 5.89. The molecular weight excluding hydrogens is 385 g/mol. The van der Waals surface area contributed by atoms with Crippen LogP contribution in [0.4, 0.5) is 9.18 Å². The number of nitrogens with zero attached hydrogens (tertiary/aromatic N) is 1. The molecule has 0 aliphatic carbocycles. The molecule has 0 radical (unpaired) electrons. The van der Waals surface area contributed by atoms with Crippen LogP contribution in [0.15, 0.2) is 41.3 Å². The molecule has 1 aliphatic heterocycles. The van der Waals surface area contributed by atoms with E-state index in [2.05, 4.69) is 0 Å². The highest BCUT2D eigenvalue weighted by Crippen LogP contribution is 2.42. The van der Waals surface area contributed by atoms with Crippen LogP contribution < -0.4 is 14.2 Å². The Bertz CT molecular complexity index is 960. The lowest BCUT2D eigenvalue weighted by Crippen LogP contribution is -2.27. The highest BCUT2D eigenvalue weighted by atomic mass is 32.2. The van der Waals surface area contributed by atoms with Gasteiger partial charge in [0.05, 0.1) is 32.8 Å². The van der Waals surface area contributed by atoms with Crippen LogP contribution in [-0.2, 0) is 11.3 Å². The summed E-state index contributed by atoms with van der Waals surface area (Å²) in [7, 11) is 4.45. The van der Waals surface area contributed by atoms with Crippen molar-refractivity contribution in [1.82, 2.24) is 4.90 Å². The van der Waals surface area contributed by atoms with Crippen molar-refractivity contribution < 1.29 is 28.2 Å². The molecule has 0 N–H and O–H groups in total. The lowest BCUT2D eigenvalue weighted by molar-refractivity contribution is -0.123. The maximum Gasteiger partial charge on any atom is 0.293 e. The van der Waals surface area contributed by atoms with Crippen LogP contribution in [0.3, 0.4) is 0 Å². The number of benzene rings is 2. The first kappa shape index (κ1) is 19.8. The second kappa shape index (κ2) is 8.35. The lowest BCUT2D eigenvalue weighted by atomic mass is 10.1. The fourth-order valence-electron chi connectivity index (χ4n) is 2.81. The first-order chi connectivity index (χ1) is 13.5. The molecule has 0 spiro atoms. The molecule has 1 saturated heterocycles. The number of rotatable bonds is 6. The average Bonchev–Trinajstić information content (AvgIpc) is 2.96. The van der Waals surface area contributed by atoms with Crippen molar-refractivity contribution in [2.45, 2.75) is 6.54 Å². The van der Waals surface area contributed by atoms with E-state index in [1.54, 1.807) is 36.4 Å². The fourth-order valence-corrected chi connectivity index (χ4v) is 3.64. The number of hydrogen-bond donors (Lipinski definition) is 0. The molecule has 146 valence electrons. The van der Waals surface area contributed by atoms with E-state index in [0.717, 1.165) is 16.7 Å². The van der Waals surface area contributed by atoms with Gasteiger partial charge in [0, 0.05) is 11.1 Å². The van der Waals surface area contributed by atoms with Crippen LogP contribution in [0.1, 0.15) is 11.1 Å². The Morgan fingerprint density at radius 3 is 2.36 bits per heavy atom. The fraction of sp³-hybridized carbons (Fsp3) is 0.200. The summed E-state index contributed by atoms with van der Waals surface area (Å²) in [6.45, 7) is -0.127. The monoisotopic (exact) mass is 403 g/mol. The number of imide groups is 1. The van der Waals surface area contributed by atoms with Crippen LogP contribution in [0.25, 0.3) is 6.08 Å². The van der Waals surface area contributed by atoms with Gasteiger partial charge in [0.25, 0.3) is 11.1 Å². The molecule has 8 heteroatoms. The zero-order valence-electron chi connectivity index (χ0n) is 15.5. The van der Waals surface area contributed by atoms with E-state index in [-0.39, 0.29) is 17.0 Å². The Morgan fingerprint density at radius 1 is 1.00 bits per heavy atom. The molecular formula is C20H18FNO5S. The minimum atomic E-state index is -0.491. The SMILES string of the molecule is COc1ccc(/C=C2\SC(=O)N(Cc3ccccc3F)C2=O)c(OC)c1OC. The smallest absolute Gasteiger partial charge is 0.293 e. The molecule has 1 fully saturated rings. The Labute approximate surface area is 165 Å². The van der Waals surface area contributed by atoms with Crippen molar-refractivity contribution in [1.29, 1.82) is 0 Å². The van der Waals surface area contributed by atoms with Gasteiger partial charge in [0.15, 0.2) is 11.5 Å². The summed E-state index contributed by atoms with van der Waals surface area (Å²) in [6.07, 6.45) is 1.55. The summed E-state index contributed by atoms with van der Waals surface area (Å²) >= 11 is 0.793. The van der Waals surface area contributed by atoms with Crippen LogP contribution in [-0.4, -0.2) is 37.4 Å². The van der Waals surface area contributed by atoms with E-state index in [0.29, 0.717) is 22.8 Å². The quantitative estimate of drug-likeness (QED) is 0.677. The van der Waals surface area contributed by atoms with E-state index in [9.17, 15) is 14.0 Å². The van der Waals surface area contributed by atoms with Gasteiger partial charge in [-0.15, -0.1) is 0 Å². The number of methoxy groups -OCH3 is 3. The average molecular weight is 403 g/mol. The third-order valence-corrected chi connectivity index (χ3v) is 5.09. The predicted octanol–water partition coefficient (Wildman–Crippen LogP) is 4.09. The Balaban J connectivity index is 1.93. The van der Waals surface area contributed by atoms with E-state index in [1.807, 2.05) is 0 Å². The second-order valence-corrected chi connectivity index (χ2v) is 6.78. The molecule has 0 bridgehead atoms. The van der Waals surface area contributed by atoms with Gasteiger partial charge < -0.3 is 14.2 Å². The predicted molar refractivity (Wildman–Crippen MR) is 104 cm³/mol. The molecule has 1 heterocycles. The minimum Gasteiger partial charge on any atom is -0.493 e. The van der Waals surface area contributed by atoms with Crippen molar-refractivity contribution in [3.63, 3.8) is 0 Å². The highest BCUT2D eigenvalue weighted by molar-refractivity contribution is 8.18. The summed E-state index contributed by atoms with van der Waals surface area (Å²) in [5.74, 6) is 0.276. The molecule has 6 nitrogen and oxygen atoms in total. The topological polar surface area (TPSA) is 65.1 Å². The molecule has 2 aromatic rings. The summed E-state index contributed by atoms with van der Waals surface area (Å²) in [5, 5.41) is -0.459. The molecule has 2 aromatic carbocycles. The van der Waals surface area contributed by atoms with Crippen LogP contribution in [0, 0.1) is 5.82 Å². The largest absolute Gasteiger partial charge is 0.493 e. The minimum absolute atomic E-state index is 0.127. The zero-order valence-corrected chi connectivity index (χ0v) is 16.3. The van der Waals surface area contributed by atoms with Crippen LogP contribution in [0.5, 0.6) is 17.2 Å². The summed E-state index contributed by atoms with van der Waals surface area (Å²) in [6, 6.07) is 9.41. The maximum absolute atomic E-state index is 13.9. The lowest BCUT2D eigenvalue weighted by Gasteiger charge is -2.14. The number of thioether (sulfide) groups is 1. The van der Waals surface area contributed by atoms with Gasteiger partial charge in [-0.3, -0.25) is 14.5 Å². The molecule has 0 unspecified atom stereocenters. The van der Waals surface area contributed by atoms with E-state index in [1.165, 1.54) is 27.4 Å². The number of amides is 2. The number of ether oxygens (including phenoxy) is 3. The van der Waals surface area contributed by atoms with Gasteiger partial charge in [-0.05, 0) is 36.0 Å². The van der Waals surface area contributed by atoms with Gasteiger partial charge in [0.1, 0.15) is 5.82 Å². The summed E-state index contributed by atoms with van der Waals surface area (Å²) in [5.41, 5.74) is 0.825. The first-order valence-electron chi connectivity index (χ1n) is 8.27. The first-order valence-corrected chi connectivity index (χ1v) is 9.09. The number of halogens is 1. The maximum atomic E-state index is 13.9. The molecule has 28 heavy (non-hydrogen) atoms. The number of carbonyl (C=O) groups excluding carboxylic acids is 2. The van der Waals surface area contributed by atoms with Crippen molar-refractivity contribution in [2.24, 2.45) is 0 Å². The number of hydrogen-bond acceptors (Lipinski definition) is 6. The van der Waals surface area contributed by atoms with Gasteiger partial charge in [-0.1, -0.05) is 18.2 Å². The van der Waals surface area contributed by atoms with Gasteiger partial charge in [0.2, 0.25) is 5.75 Å². The zero-order chi connectivity index (χ0) is 20.3. The standard InChI is InChI=1S/C20H18FNO5S/c1-25-15-9-8-12(17(26-2)18(15)27-3)10-16-19(23)22(20(24)28-16)11-13-6-4-5-7-14(13)21/h4-10H,11H2,1-3H3/b16-10-. The van der Waals surface area contributed by atoms with Crippen molar-refractivity contribution >= 4 is 29.0 Å². The second-order valence-electron chi connectivity index (χ2n) is 5.78. The molecule has 0 aromatic heterocycles. The van der Waals surface area contributed by atoms with Gasteiger partial charge in [-0.2, -0.15) is 0 Å². The summed E-state index contributed by atoms with van der Waals surface area (Å²) in [4.78, 5) is 26.2.